The lowest BCUT2D eigenvalue weighted by Crippen LogP contribution is -2.52. The predicted octanol–water partition coefficient (Wildman–Crippen LogP) is 6.41. The number of thioether (sulfide) groups is 1. The van der Waals surface area contributed by atoms with Gasteiger partial charge < -0.3 is 10.2 Å². The summed E-state index contributed by atoms with van der Waals surface area (Å²) in [4.78, 5) is 29.0. The molecule has 4 rings (SSSR count). The molecule has 1 aliphatic carbocycles. The Labute approximate surface area is 227 Å². The minimum atomic E-state index is -0.666. The van der Waals surface area contributed by atoms with Crippen molar-refractivity contribution in [2.45, 2.75) is 56.5 Å². The van der Waals surface area contributed by atoms with Gasteiger partial charge in [0.15, 0.2) is 0 Å². The zero-order valence-corrected chi connectivity index (χ0v) is 22.3. The maximum Gasteiger partial charge on any atom is 0.243 e. The Morgan fingerprint density at radius 3 is 2.32 bits per heavy atom. The lowest BCUT2D eigenvalue weighted by Gasteiger charge is -2.32. The van der Waals surface area contributed by atoms with Crippen molar-refractivity contribution < 1.29 is 14.0 Å². The molecule has 4 nitrogen and oxygen atoms in total. The molecule has 0 aromatic heterocycles. The second-order valence-corrected chi connectivity index (χ2v) is 10.8. The van der Waals surface area contributed by atoms with Crippen molar-refractivity contribution in [2.24, 2.45) is 0 Å². The van der Waals surface area contributed by atoms with Crippen LogP contribution < -0.4 is 5.32 Å². The van der Waals surface area contributed by atoms with E-state index in [1.54, 1.807) is 35.2 Å². The molecule has 37 heavy (non-hydrogen) atoms. The quantitative estimate of drug-likeness (QED) is 0.307. The van der Waals surface area contributed by atoms with E-state index in [0.29, 0.717) is 22.8 Å². The van der Waals surface area contributed by atoms with Crippen LogP contribution in [0.1, 0.15) is 42.4 Å². The van der Waals surface area contributed by atoms with Crippen LogP contribution in [-0.4, -0.2) is 34.6 Å². The fourth-order valence-electron chi connectivity index (χ4n) is 4.65. The Kier molecular flexibility index (Phi) is 10.0. The van der Waals surface area contributed by atoms with Crippen molar-refractivity contribution in [3.8, 4) is 0 Å². The highest BCUT2D eigenvalue weighted by molar-refractivity contribution is 7.99. The predicted molar refractivity (Wildman–Crippen MR) is 149 cm³/mol. The summed E-state index contributed by atoms with van der Waals surface area (Å²) in [7, 11) is 0. The van der Waals surface area contributed by atoms with E-state index in [2.05, 4.69) is 5.32 Å². The van der Waals surface area contributed by atoms with Gasteiger partial charge in [0, 0.05) is 29.8 Å². The van der Waals surface area contributed by atoms with E-state index in [9.17, 15) is 14.0 Å². The number of hydrogen-bond donors (Lipinski definition) is 1. The second-order valence-electron chi connectivity index (χ2n) is 9.43. The van der Waals surface area contributed by atoms with Gasteiger partial charge in [-0.2, -0.15) is 0 Å². The first-order valence-electron chi connectivity index (χ1n) is 12.7. The molecule has 1 fully saturated rings. The maximum atomic E-state index is 14.1. The van der Waals surface area contributed by atoms with E-state index in [4.69, 9.17) is 11.6 Å². The van der Waals surface area contributed by atoms with Crippen molar-refractivity contribution in [3.63, 3.8) is 0 Å². The highest BCUT2D eigenvalue weighted by Crippen LogP contribution is 2.22. The normalized spacial score (nSPS) is 14.3. The molecule has 0 aliphatic heterocycles. The molecular weight excluding hydrogens is 507 g/mol. The molecule has 0 saturated heterocycles. The van der Waals surface area contributed by atoms with Crippen LogP contribution in [0, 0.1) is 5.82 Å². The van der Waals surface area contributed by atoms with Crippen LogP contribution in [0.5, 0.6) is 0 Å². The summed E-state index contributed by atoms with van der Waals surface area (Å²) in [6.45, 7) is 0.284. The summed E-state index contributed by atoms with van der Waals surface area (Å²) in [6.07, 6.45) is 4.56. The number of nitrogens with zero attached hydrogens (tertiary/aromatic N) is 1. The molecule has 1 atom stereocenters. The molecule has 3 aromatic rings. The fourth-order valence-corrected chi connectivity index (χ4v) is 5.68. The van der Waals surface area contributed by atoms with Crippen molar-refractivity contribution in [1.82, 2.24) is 10.2 Å². The Morgan fingerprint density at radius 1 is 0.946 bits per heavy atom. The van der Waals surface area contributed by atoms with E-state index < -0.39 is 6.04 Å². The van der Waals surface area contributed by atoms with Crippen molar-refractivity contribution in [3.05, 3.63) is 106 Å². The lowest BCUT2D eigenvalue weighted by molar-refractivity contribution is -0.139. The van der Waals surface area contributed by atoms with Crippen LogP contribution in [0.25, 0.3) is 0 Å². The van der Waals surface area contributed by atoms with Crippen LogP contribution in [0.4, 0.5) is 4.39 Å². The number of rotatable bonds is 11. The third-order valence-electron chi connectivity index (χ3n) is 6.68. The number of carbonyl (C=O) groups excluding carboxylic acids is 2. The summed E-state index contributed by atoms with van der Waals surface area (Å²) >= 11 is 7.44. The first-order chi connectivity index (χ1) is 18.0. The van der Waals surface area contributed by atoms with Crippen LogP contribution in [0.3, 0.4) is 0 Å². The SMILES string of the molecule is O=C(NC1CCCC1)[C@H](Cc1ccccc1)N(Cc1ccc(Cl)cc1)C(=O)CSCc1ccccc1F. The van der Waals surface area contributed by atoms with E-state index in [1.165, 1.54) is 17.8 Å². The smallest absolute Gasteiger partial charge is 0.243 e. The van der Waals surface area contributed by atoms with Gasteiger partial charge in [-0.25, -0.2) is 4.39 Å². The zero-order valence-electron chi connectivity index (χ0n) is 20.7. The van der Waals surface area contributed by atoms with Gasteiger partial charge in [-0.1, -0.05) is 85.1 Å². The minimum absolute atomic E-state index is 0.128. The Morgan fingerprint density at radius 2 is 1.62 bits per heavy atom. The summed E-state index contributed by atoms with van der Waals surface area (Å²) < 4.78 is 14.1. The van der Waals surface area contributed by atoms with Crippen molar-refractivity contribution >= 4 is 35.2 Å². The molecule has 0 heterocycles. The molecule has 1 aliphatic rings. The van der Waals surface area contributed by atoms with Crippen LogP contribution in [-0.2, 0) is 28.3 Å². The number of carbonyl (C=O) groups is 2. The highest BCUT2D eigenvalue weighted by atomic mass is 35.5. The monoisotopic (exact) mass is 538 g/mol. The third-order valence-corrected chi connectivity index (χ3v) is 7.90. The van der Waals surface area contributed by atoms with Gasteiger partial charge in [-0.15, -0.1) is 11.8 Å². The molecule has 0 spiro atoms. The Bertz CT molecular complexity index is 1170. The van der Waals surface area contributed by atoms with Crippen LogP contribution in [0.2, 0.25) is 5.02 Å². The van der Waals surface area contributed by atoms with Gasteiger partial charge in [0.05, 0.1) is 5.75 Å². The minimum Gasteiger partial charge on any atom is -0.352 e. The molecule has 1 N–H and O–H groups in total. The highest BCUT2D eigenvalue weighted by Gasteiger charge is 2.32. The summed E-state index contributed by atoms with van der Waals surface area (Å²) in [5, 5.41) is 3.82. The molecule has 0 bridgehead atoms. The zero-order chi connectivity index (χ0) is 26.0. The fraction of sp³-hybridized carbons (Fsp3) is 0.333. The number of nitrogens with one attached hydrogen (secondary N) is 1. The van der Waals surface area contributed by atoms with E-state index >= 15 is 0 Å². The van der Waals surface area contributed by atoms with Gasteiger partial charge in [-0.05, 0) is 47.7 Å². The van der Waals surface area contributed by atoms with Gasteiger partial charge in [-0.3, -0.25) is 9.59 Å². The van der Waals surface area contributed by atoms with Gasteiger partial charge in [0.2, 0.25) is 11.8 Å². The lowest BCUT2D eigenvalue weighted by atomic mass is 10.0. The van der Waals surface area contributed by atoms with Gasteiger partial charge >= 0.3 is 0 Å². The summed E-state index contributed by atoms with van der Waals surface area (Å²) in [5.41, 5.74) is 2.44. The Balaban J connectivity index is 1.56. The molecule has 3 aromatic carbocycles. The second kappa shape index (κ2) is 13.6. The largest absolute Gasteiger partial charge is 0.352 e. The van der Waals surface area contributed by atoms with E-state index in [-0.39, 0.29) is 36.0 Å². The number of amides is 2. The molecule has 0 radical (unpaired) electrons. The first kappa shape index (κ1) is 27.2. The summed E-state index contributed by atoms with van der Waals surface area (Å²) in [5.74, 6) is -0.0382. The average molecular weight is 539 g/mol. The van der Waals surface area contributed by atoms with Crippen LogP contribution in [0.15, 0.2) is 78.9 Å². The molecule has 1 saturated carbocycles. The van der Waals surface area contributed by atoms with E-state index in [1.807, 2.05) is 42.5 Å². The average Bonchev–Trinajstić information content (AvgIpc) is 3.42. The number of benzene rings is 3. The third kappa shape index (κ3) is 8.08. The number of halogens is 2. The summed E-state index contributed by atoms with van der Waals surface area (Å²) in [6, 6.07) is 23.2. The maximum absolute atomic E-state index is 14.1. The topological polar surface area (TPSA) is 49.4 Å². The molecule has 194 valence electrons. The molecule has 2 amide bonds. The van der Waals surface area contributed by atoms with Gasteiger partial charge in [0.1, 0.15) is 11.9 Å². The van der Waals surface area contributed by atoms with Crippen LogP contribution >= 0.6 is 23.4 Å². The van der Waals surface area contributed by atoms with E-state index in [0.717, 1.165) is 36.8 Å². The number of hydrogen-bond acceptors (Lipinski definition) is 3. The van der Waals surface area contributed by atoms with Crippen molar-refractivity contribution in [2.75, 3.05) is 5.75 Å². The molecule has 7 heteroatoms. The molecule has 0 unspecified atom stereocenters. The van der Waals surface area contributed by atoms with Gasteiger partial charge in [0.25, 0.3) is 0 Å². The first-order valence-corrected chi connectivity index (χ1v) is 14.2. The standard InChI is InChI=1S/C30H32ClFN2O2S/c31-25-16-14-23(15-17-25)19-34(29(35)21-37-20-24-10-4-7-13-27(24)32)28(18-22-8-2-1-3-9-22)30(36)33-26-11-5-6-12-26/h1-4,7-10,13-17,26,28H,5-6,11-12,18-21H2,(H,33,36)/t28-/m0/s1. The molecular formula is C30H32ClFN2O2S. The Hall–Kier alpha value is -2.83. The van der Waals surface area contributed by atoms with Crippen molar-refractivity contribution in [1.29, 1.82) is 0 Å².